The predicted molar refractivity (Wildman–Crippen MR) is 46.1 cm³/mol. The summed E-state index contributed by atoms with van der Waals surface area (Å²) in [6, 6.07) is 6.11. The first-order valence-corrected chi connectivity index (χ1v) is 3.61. The minimum absolute atomic E-state index is 0.289. The predicted octanol–water partition coefficient (Wildman–Crippen LogP) is 2.43. The summed E-state index contributed by atoms with van der Waals surface area (Å²) in [6.07, 6.45) is 2.38. The highest BCUT2D eigenvalue weighted by atomic mass is 19.1. The van der Waals surface area contributed by atoms with Crippen LogP contribution in [-0.4, -0.2) is 6.29 Å². The summed E-state index contributed by atoms with van der Waals surface area (Å²) in [7, 11) is 0. The third-order valence-corrected chi connectivity index (χ3v) is 1.43. The first kappa shape index (κ1) is 8.65. The van der Waals surface area contributed by atoms with E-state index in [0.29, 0.717) is 11.1 Å². The molecular formula is C10H9FO. The molecule has 0 spiro atoms. The van der Waals surface area contributed by atoms with Crippen molar-refractivity contribution in [2.24, 2.45) is 0 Å². The van der Waals surface area contributed by atoms with E-state index in [-0.39, 0.29) is 5.82 Å². The molecule has 2 heteroatoms. The van der Waals surface area contributed by atoms with Crippen LogP contribution in [0.1, 0.15) is 12.5 Å². The van der Waals surface area contributed by atoms with E-state index in [4.69, 9.17) is 0 Å². The van der Waals surface area contributed by atoms with Gasteiger partial charge in [0.15, 0.2) is 0 Å². The molecule has 0 bridgehead atoms. The van der Waals surface area contributed by atoms with Crippen molar-refractivity contribution in [3.05, 3.63) is 41.2 Å². The van der Waals surface area contributed by atoms with Crippen molar-refractivity contribution in [3.8, 4) is 0 Å². The second kappa shape index (κ2) is 3.81. The van der Waals surface area contributed by atoms with E-state index < -0.39 is 0 Å². The summed E-state index contributed by atoms with van der Waals surface area (Å²) in [6.45, 7) is 1.68. The molecule has 0 radical (unpaired) electrons. The Balaban J connectivity index is 2.97. The van der Waals surface area contributed by atoms with Gasteiger partial charge in [-0.05, 0) is 36.3 Å². The van der Waals surface area contributed by atoms with Crippen LogP contribution in [0.3, 0.4) is 0 Å². The number of benzene rings is 1. The van der Waals surface area contributed by atoms with Gasteiger partial charge in [0.05, 0.1) is 0 Å². The largest absolute Gasteiger partial charge is 0.298 e. The molecule has 1 rings (SSSR count). The molecule has 0 fully saturated rings. The topological polar surface area (TPSA) is 17.1 Å². The van der Waals surface area contributed by atoms with E-state index in [1.165, 1.54) is 12.1 Å². The Morgan fingerprint density at radius 3 is 2.83 bits per heavy atom. The Labute approximate surface area is 70.5 Å². The van der Waals surface area contributed by atoms with E-state index in [0.717, 1.165) is 6.29 Å². The van der Waals surface area contributed by atoms with Crippen LogP contribution in [0.25, 0.3) is 6.08 Å². The Morgan fingerprint density at radius 1 is 1.50 bits per heavy atom. The smallest absolute Gasteiger partial charge is 0.145 e. The van der Waals surface area contributed by atoms with Crippen molar-refractivity contribution < 1.29 is 9.18 Å². The second-order valence-electron chi connectivity index (χ2n) is 2.56. The fraction of sp³-hybridized carbons (Fsp3) is 0.100. The molecular weight excluding hydrogens is 155 g/mol. The van der Waals surface area contributed by atoms with E-state index in [9.17, 15) is 9.18 Å². The van der Waals surface area contributed by atoms with E-state index in [2.05, 4.69) is 0 Å². The van der Waals surface area contributed by atoms with Gasteiger partial charge in [-0.3, -0.25) is 4.79 Å². The molecule has 1 aromatic rings. The minimum atomic E-state index is -0.289. The number of rotatable bonds is 2. The monoisotopic (exact) mass is 164 g/mol. The summed E-state index contributed by atoms with van der Waals surface area (Å²) in [5.74, 6) is -0.289. The molecule has 0 aliphatic heterocycles. The van der Waals surface area contributed by atoms with Crippen LogP contribution >= 0.6 is 0 Å². The van der Waals surface area contributed by atoms with E-state index in [1.54, 1.807) is 25.1 Å². The maximum absolute atomic E-state index is 12.6. The summed E-state index contributed by atoms with van der Waals surface area (Å²) in [4.78, 5) is 10.2. The molecule has 1 aromatic carbocycles. The zero-order valence-corrected chi connectivity index (χ0v) is 6.75. The lowest BCUT2D eigenvalue weighted by Gasteiger charge is -1.93. The fourth-order valence-corrected chi connectivity index (χ4v) is 0.893. The highest BCUT2D eigenvalue weighted by Crippen LogP contribution is 2.07. The van der Waals surface area contributed by atoms with Gasteiger partial charge in [-0.2, -0.15) is 0 Å². The van der Waals surface area contributed by atoms with Crippen molar-refractivity contribution in [2.75, 3.05) is 0 Å². The van der Waals surface area contributed by atoms with Crippen LogP contribution in [0.4, 0.5) is 4.39 Å². The average Bonchev–Trinajstić information content (AvgIpc) is 2.04. The quantitative estimate of drug-likeness (QED) is 0.484. The number of halogens is 1. The lowest BCUT2D eigenvalue weighted by atomic mass is 10.1. The molecule has 0 amide bonds. The van der Waals surface area contributed by atoms with Crippen molar-refractivity contribution in [1.82, 2.24) is 0 Å². The molecule has 0 atom stereocenters. The van der Waals surface area contributed by atoms with Gasteiger partial charge in [0.1, 0.15) is 12.1 Å². The molecule has 0 aliphatic carbocycles. The normalized spacial score (nSPS) is 11.3. The number of hydrogen-bond acceptors (Lipinski definition) is 1. The van der Waals surface area contributed by atoms with Gasteiger partial charge < -0.3 is 0 Å². The second-order valence-corrected chi connectivity index (χ2v) is 2.56. The first-order valence-electron chi connectivity index (χ1n) is 3.61. The van der Waals surface area contributed by atoms with Gasteiger partial charge in [0, 0.05) is 0 Å². The lowest BCUT2D eigenvalue weighted by Crippen LogP contribution is -1.79. The van der Waals surface area contributed by atoms with Gasteiger partial charge >= 0.3 is 0 Å². The molecule has 62 valence electrons. The zero-order chi connectivity index (χ0) is 8.97. The first-order chi connectivity index (χ1) is 5.72. The Morgan fingerprint density at radius 2 is 2.25 bits per heavy atom. The number of carbonyl (C=O) groups excluding carboxylic acids is 1. The van der Waals surface area contributed by atoms with Crippen LogP contribution in [0.15, 0.2) is 29.8 Å². The van der Waals surface area contributed by atoms with E-state index in [1.807, 2.05) is 0 Å². The maximum atomic E-state index is 12.6. The molecule has 0 aromatic heterocycles. The SMILES string of the molecule is C/C(C=O)=C/c1cccc(F)c1. The Hall–Kier alpha value is -1.44. The maximum Gasteiger partial charge on any atom is 0.145 e. The molecule has 0 N–H and O–H groups in total. The number of aldehydes is 1. The summed E-state index contributed by atoms with van der Waals surface area (Å²) >= 11 is 0. The molecule has 0 saturated heterocycles. The lowest BCUT2D eigenvalue weighted by molar-refractivity contribution is -0.104. The molecule has 1 nitrogen and oxygen atoms in total. The highest BCUT2D eigenvalue weighted by Gasteiger charge is 1.91. The highest BCUT2D eigenvalue weighted by molar-refractivity contribution is 5.80. The molecule has 0 saturated carbocycles. The molecule has 0 heterocycles. The molecule has 0 unspecified atom stereocenters. The average molecular weight is 164 g/mol. The molecule has 12 heavy (non-hydrogen) atoms. The Kier molecular flexibility index (Phi) is 2.75. The zero-order valence-electron chi connectivity index (χ0n) is 6.75. The van der Waals surface area contributed by atoms with Crippen LogP contribution in [0, 0.1) is 5.82 Å². The third-order valence-electron chi connectivity index (χ3n) is 1.43. The fourth-order valence-electron chi connectivity index (χ4n) is 0.893. The van der Waals surface area contributed by atoms with Crippen LogP contribution < -0.4 is 0 Å². The minimum Gasteiger partial charge on any atom is -0.298 e. The van der Waals surface area contributed by atoms with Gasteiger partial charge in [0.25, 0.3) is 0 Å². The van der Waals surface area contributed by atoms with Crippen molar-refractivity contribution in [3.63, 3.8) is 0 Å². The number of carbonyl (C=O) groups is 1. The van der Waals surface area contributed by atoms with Crippen molar-refractivity contribution in [2.45, 2.75) is 6.92 Å². The van der Waals surface area contributed by atoms with Gasteiger partial charge in [0.2, 0.25) is 0 Å². The van der Waals surface area contributed by atoms with Gasteiger partial charge in [-0.25, -0.2) is 4.39 Å². The Bertz CT molecular complexity index is 315. The van der Waals surface area contributed by atoms with Gasteiger partial charge in [-0.15, -0.1) is 0 Å². The van der Waals surface area contributed by atoms with Crippen molar-refractivity contribution >= 4 is 12.4 Å². The standard InChI is InChI=1S/C10H9FO/c1-8(7-12)5-9-3-2-4-10(11)6-9/h2-7H,1H3/b8-5-. The third kappa shape index (κ3) is 2.31. The summed E-state index contributed by atoms with van der Waals surface area (Å²) < 4.78 is 12.6. The van der Waals surface area contributed by atoms with Crippen LogP contribution in [-0.2, 0) is 4.79 Å². The number of hydrogen-bond donors (Lipinski definition) is 0. The van der Waals surface area contributed by atoms with E-state index >= 15 is 0 Å². The molecule has 0 aliphatic rings. The van der Waals surface area contributed by atoms with Crippen LogP contribution in [0.5, 0.6) is 0 Å². The summed E-state index contributed by atoms with van der Waals surface area (Å²) in [5, 5.41) is 0. The van der Waals surface area contributed by atoms with Gasteiger partial charge in [-0.1, -0.05) is 12.1 Å². The summed E-state index contributed by atoms with van der Waals surface area (Å²) in [5.41, 5.74) is 1.29. The number of allylic oxidation sites excluding steroid dienone is 1. The van der Waals surface area contributed by atoms with Crippen molar-refractivity contribution in [1.29, 1.82) is 0 Å². The van der Waals surface area contributed by atoms with Crippen LogP contribution in [0.2, 0.25) is 0 Å².